The van der Waals surface area contributed by atoms with Crippen molar-refractivity contribution in [3.05, 3.63) is 22.1 Å². The summed E-state index contributed by atoms with van der Waals surface area (Å²) in [6, 6.07) is 2.29. The first-order valence-corrected chi connectivity index (χ1v) is 5.14. The molecule has 1 saturated heterocycles. The van der Waals surface area contributed by atoms with Crippen molar-refractivity contribution in [1.29, 1.82) is 0 Å². The molecule has 1 aliphatic rings. The van der Waals surface area contributed by atoms with Crippen LogP contribution in [0.25, 0.3) is 0 Å². The number of hydrogen-bond donors (Lipinski definition) is 1. The van der Waals surface area contributed by atoms with Crippen molar-refractivity contribution < 1.29 is 0 Å². The molecule has 2 rings (SSSR count). The quantitative estimate of drug-likeness (QED) is 0.722. The molecule has 2 heterocycles. The molecular formula is C10H17N3O. The molecule has 4 nitrogen and oxygen atoms in total. The van der Waals surface area contributed by atoms with Gasteiger partial charge in [0.05, 0.1) is 0 Å². The maximum absolute atomic E-state index is 11.4. The third-order valence-corrected chi connectivity index (χ3v) is 3.09. The second-order valence-electron chi connectivity index (χ2n) is 4.02. The third-order valence-electron chi connectivity index (χ3n) is 3.09. The molecule has 1 N–H and O–H groups in total. The Hall–Kier alpha value is -1.03. The summed E-state index contributed by atoms with van der Waals surface area (Å²) in [7, 11) is 3.74. The molecule has 1 fully saturated rings. The highest BCUT2D eigenvalue weighted by molar-refractivity contribution is 5.04. The summed E-state index contributed by atoms with van der Waals surface area (Å²) in [5, 5.41) is 3.44. The number of hydrogen-bond acceptors (Lipinski definition) is 2. The van der Waals surface area contributed by atoms with E-state index in [-0.39, 0.29) is 5.56 Å². The molecule has 4 heteroatoms. The van der Waals surface area contributed by atoms with Gasteiger partial charge in [0.15, 0.2) is 0 Å². The first-order valence-electron chi connectivity index (χ1n) is 5.14. The summed E-state index contributed by atoms with van der Waals surface area (Å²) in [4.78, 5) is 11.4. The van der Waals surface area contributed by atoms with Gasteiger partial charge in [-0.25, -0.2) is 0 Å². The van der Waals surface area contributed by atoms with Gasteiger partial charge >= 0.3 is 0 Å². The lowest BCUT2D eigenvalue weighted by Crippen LogP contribution is -2.25. The van der Waals surface area contributed by atoms with Gasteiger partial charge in [0.25, 0.3) is 5.56 Å². The summed E-state index contributed by atoms with van der Waals surface area (Å²) < 4.78 is 3.58. The smallest absolute Gasteiger partial charge is 0.266 e. The maximum Gasteiger partial charge on any atom is 0.266 e. The minimum absolute atomic E-state index is 0.0838. The van der Waals surface area contributed by atoms with Crippen molar-refractivity contribution in [1.82, 2.24) is 14.7 Å². The zero-order valence-corrected chi connectivity index (χ0v) is 8.79. The predicted molar refractivity (Wildman–Crippen MR) is 55.4 cm³/mol. The van der Waals surface area contributed by atoms with Crippen LogP contribution in [-0.4, -0.2) is 22.0 Å². The van der Waals surface area contributed by atoms with Crippen LogP contribution in [0, 0.1) is 0 Å². The summed E-state index contributed by atoms with van der Waals surface area (Å²) in [5.74, 6) is 0. The highest BCUT2D eigenvalue weighted by Gasteiger charge is 2.16. The Morgan fingerprint density at radius 1 is 1.50 bits per heavy atom. The largest absolute Gasteiger partial charge is 0.314 e. The van der Waals surface area contributed by atoms with Crippen LogP contribution in [-0.2, 0) is 20.5 Å². The number of nitrogens with zero attached hydrogens (tertiary/aromatic N) is 2. The average molecular weight is 195 g/mol. The predicted octanol–water partition coefficient (Wildman–Crippen LogP) is 0.0183. The third kappa shape index (κ3) is 1.62. The fourth-order valence-corrected chi connectivity index (χ4v) is 2.04. The van der Waals surface area contributed by atoms with Gasteiger partial charge in [-0.2, -0.15) is 0 Å². The van der Waals surface area contributed by atoms with Gasteiger partial charge in [-0.15, -0.1) is 0 Å². The normalized spacial score (nSPS) is 21.7. The number of nitrogens with one attached hydrogen (secondary N) is 1. The molecular weight excluding hydrogens is 178 g/mol. The van der Waals surface area contributed by atoms with E-state index in [0.717, 1.165) is 18.7 Å². The topological polar surface area (TPSA) is 39.0 Å². The molecule has 0 saturated carbocycles. The van der Waals surface area contributed by atoms with Crippen molar-refractivity contribution in [3.8, 4) is 0 Å². The molecule has 1 unspecified atom stereocenters. The summed E-state index contributed by atoms with van der Waals surface area (Å²) in [6.07, 6.45) is 3.45. The molecule has 1 aromatic heterocycles. The van der Waals surface area contributed by atoms with Crippen molar-refractivity contribution in [2.75, 3.05) is 6.54 Å². The monoisotopic (exact) mass is 195 g/mol. The van der Waals surface area contributed by atoms with Crippen LogP contribution in [0.3, 0.4) is 0 Å². The lowest BCUT2D eigenvalue weighted by Gasteiger charge is -2.11. The summed E-state index contributed by atoms with van der Waals surface area (Å²) >= 11 is 0. The van der Waals surface area contributed by atoms with Crippen molar-refractivity contribution in [2.24, 2.45) is 14.1 Å². The SMILES string of the molecule is Cn1c(CC2CCCN2)cc(=O)n1C. The average Bonchev–Trinajstić information content (AvgIpc) is 2.73. The van der Waals surface area contributed by atoms with E-state index < -0.39 is 0 Å². The van der Waals surface area contributed by atoms with E-state index >= 15 is 0 Å². The lowest BCUT2D eigenvalue weighted by atomic mass is 10.1. The molecule has 78 valence electrons. The molecule has 0 bridgehead atoms. The van der Waals surface area contributed by atoms with Crippen LogP contribution in [0.4, 0.5) is 0 Å². The van der Waals surface area contributed by atoms with Crippen LogP contribution in [0.5, 0.6) is 0 Å². The number of aromatic nitrogens is 2. The van der Waals surface area contributed by atoms with Gasteiger partial charge in [0.2, 0.25) is 0 Å². The molecule has 1 aromatic rings. The highest BCUT2D eigenvalue weighted by Crippen LogP contribution is 2.10. The van der Waals surface area contributed by atoms with Gasteiger partial charge < -0.3 is 5.32 Å². The fourth-order valence-electron chi connectivity index (χ4n) is 2.04. The molecule has 0 amide bonds. The van der Waals surface area contributed by atoms with Crippen LogP contribution in [0.15, 0.2) is 10.9 Å². The lowest BCUT2D eigenvalue weighted by molar-refractivity contribution is 0.522. The van der Waals surface area contributed by atoms with Gasteiger partial charge in [-0.05, 0) is 19.4 Å². The molecule has 14 heavy (non-hydrogen) atoms. The van der Waals surface area contributed by atoms with Crippen LogP contribution >= 0.6 is 0 Å². The Balaban J connectivity index is 2.16. The minimum Gasteiger partial charge on any atom is -0.314 e. The zero-order chi connectivity index (χ0) is 10.1. The van der Waals surface area contributed by atoms with Crippen LogP contribution in [0.2, 0.25) is 0 Å². The van der Waals surface area contributed by atoms with E-state index in [1.165, 1.54) is 12.8 Å². The van der Waals surface area contributed by atoms with Crippen LogP contribution < -0.4 is 10.9 Å². The van der Waals surface area contributed by atoms with Crippen LogP contribution in [0.1, 0.15) is 18.5 Å². The Kier molecular flexibility index (Phi) is 2.46. The standard InChI is InChI=1S/C10H17N3O/c1-12-9(7-10(14)13(12)2)6-8-4-3-5-11-8/h7-8,11H,3-6H2,1-2H3. The van der Waals surface area contributed by atoms with E-state index in [2.05, 4.69) is 5.32 Å². The zero-order valence-electron chi connectivity index (χ0n) is 8.79. The van der Waals surface area contributed by atoms with Crippen molar-refractivity contribution in [2.45, 2.75) is 25.3 Å². The van der Waals surface area contributed by atoms with E-state index in [1.807, 2.05) is 11.7 Å². The second-order valence-corrected chi connectivity index (χ2v) is 4.02. The Morgan fingerprint density at radius 2 is 2.29 bits per heavy atom. The maximum atomic E-state index is 11.4. The van der Waals surface area contributed by atoms with E-state index in [4.69, 9.17) is 0 Å². The van der Waals surface area contributed by atoms with E-state index in [1.54, 1.807) is 17.8 Å². The van der Waals surface area contributed by atoms with Crippen molar-refractivity contribution >= 4 is 0 Å². The summed E-state index contributed by atoms with van der Waals surface area (Å²) in [6.45, 7) is 1.12. The summed E-state index contributed by atoms with van der Waals surface area (Å²) in [5.41, 5.74) is 1.21. The minimum atomic E-state index is 0.0838. The second kappa shape index (κ2) is 3.61. The Bertz CT molecular complexity index is 371. The van der Waals surface area contributed by atoms with Gasteiger partial charge in [0, 0.05) is 38.3 Å². The van der Waals surface area contributed by atoms with Gasteiger partial charge in [-0.3, -0.25) is 14.2 Å². The molecule has 0 aromatic carbocycles. The number of rotatable bonds is 2. The van der Waals surface area contributed by atoms with Gasteiger partial charge in [0.1, 0.15) is 0 Å². The molecule has 1 aliphatic heterocycles. The van der Waals surface area contributed by atoms with Crippen molar-refractivity contribution in [3.63, 3.8) is 0 Å². The highest BCUT2D eigenvalue weighted by atomic mass is 16.1. The van der Waals surface area contributed by atoms with E-state index in [9.17, 15) is 4.79 Å². The molecule has 0 radical (unpaired) electrons. The van der Waals surface area contributed by atoms with E-state index in [0.29, 0.717) is 6.04 Å². The fraction of sp³-hybridized carbons (Fsp3) is 0.700. The first-order chi connectivity index (χ1) is 6.68. The Labute approximate surface area is 83.5 Å². The first kappa shape index (κ1) is 9.52. The van der Waals surface area contributed by atoms with Gasteiger partial charge in [-0.1, -0.05) is 0 Å². The Morgan fingerprint density at radius 3 is 2.79 bits per heavy atom. The molecule has 1 atom stereocenters. The molecule has 0 spiro atoms. The molecule has 0 aliphatic carbocycles.